The lowest BCUT2D eigenvalue weighted by atomic mass is 10.2. The van der Waals surface area contributed by atoms with Gasteiger partial charge in [0.2, 0.25) is 0 Å². The van der Waals surface area contributed by atoms with Gasteiger partial charge in [-0.25, -0.2) is 4.79 Å². The fourth-order valence-corrected chi connectivity index (χ4v) is 1.97. The number of benzene rings is 1. The fourth-order valence-electron chi connectivity index (χ4n) is 1.21. The minimum absolute atomic E-state index is 0.237. The van der Waals surface area contributed by atoms with E-state index >= 15 is 0 Å². The van der Waals surface area contributed by atoms with Gasteiger partial charge in [0.25, 0.3) is 5.88 Å². The highest BCUT2D eigenvalue weighted by molar-refractivity contribution is 9.10. The predicted molar refractivity (Wildman–Crippen MR) is 72.8 cm³/mol. The van der Waals surface area contributed by atoms with E-state index in [9.17, 15) is 4.79 Å². The maximum atomic E-state index is 11.5. The molecule has 0 radical (unpaired) electrons. The molecule has 0 N–H and O–H groups in total. The van der Waals surface area contributed by atoms with Crippen LogP contribution in [0.3, 0.4) is 0 Å². The van der Waals surface area contributed by atoms with Crippen molar-refractivity contribution in [3.8, 4) is 17.1 Å². The fraction of sp³-hybridized carbons (Fsp3) is 0.182. The molecule has 0 aliphatic rings. The summed E-state index contributed by atoms with van der Waals surface area (Å²) in [6.07, 6.45) is -0.471. The maximum absolute atomic E-state index is 11.5. The van der Waals surface area contributed by atoms with Crippen LogP contribution < -0.4 is 4.74 Å². The van der Waals surface area contributed by atoms with Crippen molar-refractivity contribution in [2.75, 3.05) is 14.1 Å². The zero-order chi connectivity index (χ0) is 13.1. The quantitative estimate of drug-likeness (QED) is 0.850. The van der Waals surface area contributed by atoms with E-state index in [-0.39, 0.29) is 5.88 Å². The van der Waals surface area contributed by atoms with Crippen molar-refractivity contribution in [2.45, 2.75) is 0 Å². The van der Waals surface area contributed by atoms with Gasteiger partial charge in [-0.3, -0.25) is 0 Å². The molecule has 2 aromatic rings. The molecule has 0 saturated carbocycles. The largest absolute Gasteiger partial charge is 0.416 e. The SMILES string of the molecule is CN(C)C(=O)Oc1nsnc1-c1ccc(Br)cc1. The third-order valence-corrected chi connectivity index (χ3v) is 3.17. The summed E-state index contributed by atoms with van der Waals surface area (Å²) >= 11 is 4.37. The van der Waals surface area contributed by atoms with E-state index in [2.05, 4.69) is 24.7 Å². The van der Waals surface area contributed by atoms with Gasteiger partial charge < -0.3 is 9.64 Å². The van der Waals surface area contributed by atoms with E-state index in [0.717, 1.165) is 21.8 Å². The van der Waals surface area contributed by atoms with Gasteiger partial charge in [0.05, 0.1) is 11.7 Å². The van der Waals surface area contributed by atoms with Crippen molar-refractivity contribution in [3.63, 3.8) is 0 Å². The third-order valence-electron chi connectivity index (χ3n) is 2.13. The molecule has 18 heavy (non-hydrogen) atoms. The lowest BCUT2D eigenvalue weighted by Crippen LogP contribution is -2.25. The molecule has 0 bridgehead atoms. The van der Waals surface area contributed by atoms with E-state index < -0.39 is 6.09 Å². The summed E-state index contributed by atoms with van der Waals surface area (Å²) in [5, 5.41) is 0. The second-order valence-electron chi connectivity index (χ2n) is 3.69. The van der Waals surface area contributed by atoms with E-state index in [1.165, 1.54) is 4.90 Å². The van der Waals surface area contributed by atoms with Gasteiger partial charge in [0, 0.05) is 24.1 Å². The molecule has 7 heteroatoms. The van der Waals surface area contributed by atoms with E-state index in [1.807, 2.05) is 24.3 Å². The van der Waals surface area contributed by atoms with Crippen molar-refractivity contribution < 1.29 is 9.53 Å². The second-order valence-corrected chi connectivity index (χ2v) is 5.13. The normalized spacial score (nSPS) is 10.2. The number of hydrogen-bond acceptors (Lipinski definition) is 5. The molecule has 94 valence electrons. The topological polar surface area (TPSA) is 55.3 Å². The van der Waals surface area contributed by atoms with Crippen LogP contribution in [-0.4, -0.2) is 33.8 Å². The van der Waals surface area contributed by atoms with Crippen molar-refractivity contribution in [1.82, 2.24) is 13.6 Å². The zero-order valence-corrected chi connectivity index (χ0v) is 12.2. The van der Waals surface area contributed by atoms with Crippen LogP contribution in [0, 0.1) is 0 Å². The third kappa shape index (κ3) is 2.85. The first-order valence-electron chi connectivity index (χ1n) is 5.05. The van der Waals surface area contributed by atoms with E-state index in [4.69, 9.17) is 4.74 Å². The van der Waals surface area contributed by atoms with Crippen molar-refractivity contribution >= 4 is 33.8 Å². The van der Waals surface area contributed by atoms with Crippen LogP contribution in [0.5, 0.6) is 5.88 Å². The number of aromatic nitrogens is 2. The van der Waals surface area contributed by atoms with Gasteiger partial charge >= 0.3 is 6.09 Å². The highest BCUT2D eigenvalue weighted by atomic mass is 79.9. The van der Waals surface area contributed by atoms with Crippen molar-refractivity contribution in [2.24, 2.45) is 0 Å². The molecule has 0 aliphatic heterocycles. The molecule has 0 aliphatic carbocycles. The number of ether oxygens (including phenoxy) is 1. The molecule has 1 aromatic carbocycles. The minimum atomic E-state index is -0.471. The van der Waals surface area contributed by atoms with Gasteiger partial charge in [-0.05, 0) is 12.1 Å². The van der Waals surface area contributed by atoms with Crippen molar-refractivity contribution in [3.05, 3.63) is 28.7 Å². The van der Waals surface area contributed by atoms with Crippen LogP contribution in [0.25, 0.3) is 11.3 Å². The van der Waals surface area contributed by atoms with Crippen LogP contribution in [-0.2, 0) is 0 Å². The summed E-state index contributed by atoms with van der Waals surface area (Å²) in [5.74, 6) is 0.237. The molecule has 1 amide bonds. The first kappa shape index (κ1) is 13.0. The number of nitrogens with zero attached hydrogens (tertiary/aromatic N) is 3. The number of carbonyl (C=O) groups is 1. The Balaban J connectivity index is 2.27. The highest BCUT2D eigenvalue weighted by Crippen LogP contribution is 2.28. The lowest BCUT2D eigenvalue weighted by molar-refractivity contribution is 0.170. The summed E-state index contributed by atoms with van der Waals surface area (Å²) in [5.41, 5.74) is 1.43. The molecule has 0 saturated heterocycles. The second kappa shape index (κ2) is 5.45. The summed E-state index contributed by atoms with van der Waals surface area (Å²) in [6, 6.07) is 7.56. The molecule has 0 spiro atoms. The Morgan fingerprint density at radius 2 is 1.94 bits per heavy atom. The van der Waals surface area contributed by atoms with E-state index in [0.29, 0.717) is 5.69 Å². The first-order valence-corrected chi connectivity index (χ1v) is 6.58. The average molecular weight is 328 g/mol. The summed E-state index contributed by atoms with van der Waals surface area (Å²) in [6.45, 7) is 0. The molecular weight excluding hydrogens is 318 g/mol. The van der Waals surface area contributed by atoms with Crippen LogP contribution in [0.1, 0.15) is 0 Å². The Morgan fingerprint density at radius 3 is 2.56 bits per heavy atom. The van der Waals surface area contributed by atoms with Gasteiger partial charge in [0.15, 0.2) is 0 Å². The van der Waals surface area contributed by atoms with Gasteiger partial charge in [-0.2, -0.15) is 4.37 Å². The Bertz CT molecular complexity index is 554. The minimum Gasteiger partial charge on any atom is -0.388 e. The number of rotatable bonds is 2. The molecule has 0 fully saturated rings. The van der Waals surface area contributed by atoms with Crippen LogP contribution in [0.2, 0.25) is 0 Å². The zero-order valence-electron chi connectivity index (χ0n) is 9.75. The standard InChI is InChI=1S/C11H10BrN3O2S/c1-15(2)11(16)17-10-9(13-18-14-10)7-3-5-8(12)6-4-7/h3-6H,1-2H3. The smallest absolute Gasteiger partial charge is 0.388 e. The number of hydrogen-bond donors (Lipinski definition) is 0. The van der Waals surface area contributed by atoms with Gasteiger partial charge in [0.1, 0.15) is 5.69 Å². The average Bonchev–Trinajstić information content (AvgIpc) is 2.78. The Kier molecular flexibility index (Phi) is 3.93. The molecule has 0 atom stereocenters. The van der Waals surface area contributed by atoms with Gasteiger partial charge in [-0.1, -0.05) is 28.1 Å². The first-order chi connectivity index (χ1) is 8.58. The van der Waals surface area contributed by atoms with Crippen LogP contribution >= 0.6 is 27.7 Å². The molecule has 5 nitrogen and oxygen atoms in total. The van der Waals surface area contributed by atoms with E-state index in [1.54, 1.807) is 14.1 Å². The summed E-state index contributed by atoms with van der Waals surface area (Å²) in [4.78, 5) is 12.8. The molecule has 0 unspecified atom stereocenters. The summed E-state index contributed by atoms with van der Waals surface area (Å²) < 4.78 is 14.3. The van der Waals surface area contributed by atoms with Crippen LogP contribution in [0.4, 0.5) is 4.79 Å². The van der Waals surface area contributed by atoms with Gasteiger partial charge in [-0.15, -0.1) is 4.37 Å². The Hall–Kier alpha value is -1.47. The molecular formula is C11H10BrN3O2S. The lowest BCUT2D eigenvalue weighted by Gasteiger charge is -2.09. The molecule has 2 rings (SSSR count). The Morgan fingerprint density at radius 1 is 1.28 bits per heavy atom. The van der Waals surface area contributed by atoms with Crippen LogP contribution in [0.15, 0.2) is 28.7 Å². The maximum Gasteiger partial charge on any atom is 0.416 e. The van der Waals surface area contributed by atoms with Crippen molar-refractivity contribution in [1.29, 1.82) is 0 Å². The predicted octanol–water partition coefficient (Wildman–Crippen LogP) is 3.03. The highest BCUT2D eigenvalue weighted by Gasteiger charge is 2.16. The number of carbonyl (C=O) groups excluding carboxylic acids is 1. The summed E-state index contributed by atoms with van der Waals surface area (Å²) in [7, 11) is 3.23. The Labute approximate surface area is 117 Å². The number of amides is 1. The molecule has 1 aromatic heterocycles. The molecule has 1 heterocycles. The monoisotopic (exact) mass is 327 g/mol. The number of halogens is 1.